The molecule has 0 aliphatic heterocycles. The lowest BCUT2D eigenvalue weighted by Gasteiger charge is -2.07. The number of carbonyl (C=O) groups is 1. The maximum Gasteiger partial charge on any atom is 0.354 e. The van der Waals surface area contributed by atoms with E-state index in [2.05, 4.69) is 20.9 Å². The summed E-state index contributed by atoms with van der Waals surface area (Å²) in [5, 5.41) is 8.72. The van der Waals surface area contributed by atoms with Gasteiger partial charge in [-0.2, -0.15) is 0 Å². The molecule has 15 heavy (non-hydrogen) atoms. The van der Waals surface area contributed by atoms with Gasteiger partial charge in [0.25, 0.3) is 6.43 Å². The summed E-state index contributed by atoms with van der Waals surface area (Å²) < 4.78 is 24.7. The van der Waals surface area contributed by atoms with Crippen LogP contribution in [-0.2, 0) is 5.88 Å². The summed E-state index contributed by atoms with van der Waals surface area (Å²) in [7, 11) is 0. The molecular weight excluding hydrogens is 295 g/mol. The van der Waals surface area contributed by atoms with Gasteiger partial charge < -0.3 is 5.11 Å². The molecule has 0 aliphatic carbocycles. The first kappa shape index (κ1) is 12.3. The van der Waals surface area contributed by atoms with Crippen LogP contribution in [0.5, 0.6) is 0 Å². The molecule has 0 amide bonds. The minimum atomic E-state index is -2.73. The Balaban J connectivity index is 3.35. The lowest BCUT2D eigenvalue weighted by Crippen LogP contribution is -2.07. The van der Waals surface area contributed by atoms with E-state index >= 15 is 0 Å². The highest BCUT2D eigenvalue weighted by molar-refractivity contribution is 9.10. The standard InChI is InChI=1S/C8H5BrClF2NO2/c9-6-4(7(11)12)1-3(2-10)5(13-6)8(14)15/h1,7H,2H2,(H,14,15). The molecule has 1 rings (SSSR count). The van der Waals surface area contributed by atoms with Crippen LogP contribution in [0.25, 0.3) is 0 Å². The number of rotatable bonds is 3. The average molecular weight is 300 g/mol. The molecule has 0 spiro atoms. The summed E-state index contributed by atoms with van der Waals surface area (Å²) in [6.45, 7) is 0. The average Bonchev–Trinajstić information content (AvgIpc) is 2.16. The van der Waals surface area contributed by atoms with Crippen LogP contribution in [0.2, 0.25) is 0 Å². The van der Waals surface area contributed by atoms with E-state index in [0.29, 0.717) is 0 Å². The van der Waals surface area contributed by atoms with Crippen LogP contribution in [-0.4, -0.2) is 16.1 Å². The van der Waals surface area contributed by atoms with E-state index in [1.54, 1.807) is 0 Å². The minimum absolute atomic E-state index is 0.0719. The number of carboxylic acid groups (broad SMARTS) is 1. The zero-order valence-corrected chi connectivity index (χ0v) is 9.52. The molecule has 0 bridgehead atoms. The highest BCUT2D eigenvalue weighted by Gasteiger charge is 2.19. The van der Waals surface area contributed by atoms with Crippen molar-refractivity contribution in [1.29, 1.82) is 0 Å². The van der Waals surface area contributed by atoms with E-state index in [1.807, 2.05) is 0 Å². The third kappa shape index (κ3) is 2.63. The molecule has 0 fully saturated rings. The number of pyridine rings is 1. The van der Waals surface area contributed by atoms with Gasteiger partial charge in [0, 0.05) is 11.4 Å². The highest BCUT2D eigenvalue weighted by Crippen LogP contribution is 2.28. The number of carboxylic acids is 1. The van der Waals surface area contributed by atoms with E-state index < -0.39 is 12.4 Å². The van der Waals surface area contributed by atoms with Gasteiger partial charge in [-0.25, -0.2) is 18.6 Å². The van der Waals surface area contributed by atoms with Gasteiger partial charge >= 0.3 is 5.97 Å². The summed E-state index contributed by atoms with van der Waals surface area (Å²) in [5.74, 6) is -1.48. The van der Waals surface area contributed by atoms with Crippen molar-refractivity contribution >= 4 is 33.5 Å². The van der Waals surface area contributed by atoms with Gasteiger partial charge in [-0.1, -0.05) is 0 Å². The molecule has 3 nitrogen and oxygen atoms in total. The van der Waals surface area contributed by atoms with Crippen molar-refractivity contribution in [2.45, 2.75) is 12.3 Å². The second kappa shape index (κ2) is 4.85. The lowest BCUT2D eigenvalue weighted by atomic mass is 10.1. The van der Waals surface area contributed by atoms with E-state index in [0.717, 1.165) is 6.07 Å². The highest BCUT2D eigenvalue weighted by atomic mass is 79.9. The largest absolute Gasteiger partial charge is 0.477 e. The molecule has 1 heterocycles. The van der Waals surface area contributed by atoms with E-state index in [-0.39, 0.29) is 27.3 Å². The van der Waals surface area contributed by atoms with Crippen LogP contribution >= 0.6 is 27.5 Å². The van der Waals surface area contributed by atoms with Crippen LogP contribution in [0.15, 0.2) is 10.7 Å². The van der Waals surface area contributed by atoms with E-state index in [1.165, 1.54) is 0 Å². The molecule has 0 saturated heterocycles. The number of nitrogens with zero attached hydrogens (tertiary/aromatic N) is 1. The molecular formula is C8H5BrClF2NO2. The third-order valence-corrected chi connectivity index (χ3v) is 2.59. The molecule has 0 aromatic carbocycles. The van der Waals surface area contributed by atoms with Crippen molar-refractivity contribution in [2.24, 2.45) is 0 Å². The second-order valence-electron chi connectivity index (χ2n) is 2.62. The summed E-state index contributed by atoms with van der Waals surface area (Å²) in [5.41, 5.74) is -0.611. The van der Waals surface area contributed by atoms with Crippen LogP contribution < -0.4 is 0 Å². The molecule has 1 aromatic heterocycles. The summed E-state index contributed by atoms with van der Waals surface area (Å²) in [6, 6.07) is 1.04. The smallest absolute Gasteiger partial charge is 0.354 e. The quantitative estimate of drug-likeness (QED) is 0.689. The normalized spacial score (nSPS) is 10.7. The topological polar surface area (TPSA) is 50.2 Å². The van der Waals surface area contributed by atoms with Gasteiger partial charge in [-0.3, -0.25) is 0 Å². The summed E-state index contributed by atoms with van der Waals surface area (Å²) in [6.07, 6.45) is -2.73. The number of hydrogen-bond donors (Lipinski definition) is 1. The molecule has 0 aliphatic rings. The maximum absolute atomic E-state index is 12.4. The lowest BCUT2D eigenvalue weighted by molar-refractivity contribution is 0.0688. The van der Waals surface area contributed by atoms with Crippen molar-refractivity contribution in [3.8, 4) is 0 Å². The molecule has 82 valence electrons. The van der Waals surface area contributed by atoms with Gasteiger partial charge in [0.05, 0.1) is 5.56 Å². The van der Waals surface area contributed by atoms with Crippen molar-refractivity contribution < 1.29 is 18.7 Å². The first-order chi connectivity index (χ1) is 6.97. The Bertz CT molecular complexity index is 400. The number of aromatic carboxylic acids is 1. The van der Waals surface area contributed by atoms with Gasteiger partial charge in [-0.05, 0) is 22.0 Å². The van der Waals surface area contributed by atoms with Crippen LogP contribution in [0, 0.1) is 0 Å². The molecule has 0 saturated carbocycles. The fraction of sp³-hybridized carbons (Fsp3) is 0.250. The zero-order chi connectivity index (χ0) is 11.6. The van der Waals surface area contributed by atoms with Crippen LogP contribution in [0.1, 0.15) is 28.0 Å². The van der Waals surface area contributed by atoms with Crippen LogP contribution in [0.4, 0.5) is 8.78 Å². The number of alkyl halides is 3. The Hall–Kier alpha value is -0.750. The molecule has 1 aromatic rings. The van der Waals surface area contributed by atoms with Crippen molar-refractivity contribution in [1.82, 2.24) is 4.98 Å². The second-order valence-corrected chi connectivity index (χ2v) is 3.63. The maximum atomic E-state index is 12.4. The van der Waals surface area contributed by atoms with Crippen molar-refractivity contribution in [3.05, 3.63) is 27.5 Å². The fourth-order valence-electron chi connectivity index (χ4n) is 0.990. The SMILES string of the molecule is O=C(O)c1nc(Br)c(C(F)F)cc1CCl. The van der Waals surface area contributed by atoms with Gasteiger partial charge in [0.1, 0.15) is 4.60 Å². The van der Waals surface area contributed by atoms with E-state index in [9.17, 15) is 13.6 Å². The Morgan fingerprint density at radius 2 is 2.27 bits per heavy atom. The predicted molar refractivity (Wildman–Crippen MR) is 53.4 cm³/mol. The fourth-order valence-corrected chi connectivity index (χ4v) is 1.66. The first-order valence-corrected chi connectivity index (χ1v) is 5.06. The molecule has 0 radical (unpaired) electrons. The van der Waals surface area contributed by atoms with Gasteiger partial charge in [-0.15, -0.1) is 11.6 Å². The summed E-state index contributed by atoms with van der Waals surface area (Å²) >= 11 is 8.22. The number of aromatic nitrogens is 1. The third-order valence-electron chi connectivity index (χ3n) is 1.66. The van der Waals surface area contributed by atoms with Gasteiger partial charge in [0.15, 0.2) is 5.69 Å². The van der Waals surface area contributed by atoms with E-state index in [4.69, 9.17) is 16.7 Å². The predicted octanol–water partition coefficient (Wildman–Crippen LogP) is 3.22. The number of halogens is 4. The first-order valence-electron chi connectivity index (χ1n) is 3.74. The zero-order valence-electron chi connectivity index (χ0n) is 7.18. The monoisotopic (exact) mass is 299 g/mol. The number of hydrogen-bond acceptors (Lipinski definition) is 2. The summed E-state index contributed by atoms with van der Waals surface area (Å²) in [4.78, 5) is 14.2. The molecule has 0 atom stereocenters. The Labute approximate surface area is 97.2 Å². The van der Waals surface area contributed by atoms with Crippen molar-refractivity contribution in [2.75, 3.05) is 0 Å². The molecule has 1 N–H and O–H groups in total. The van der Waals surface area contributed by atoms with Crippen molar-refractivity contribution in [3.63, 3.8) is 0 Å². The van der Waals surface area contributed by atoms with Crippen LogP contribution in [0.3, 0.4) is 0 Å². The minimum Gasteiger partial charge on any atom is -0.477 e. The molecule has 7 heteroatoms. The molecule has 0 unspecified atom stereocenters. The Morgan fingerprint density at radius 3 is 2.67 bits per heavy atom. The van der Waals surface area contributed by atoms with Gasteiger partial charge in [0.2, 0.25) is 0 Å². The Kier molecular flexibility index (Phi) is 3.98. The Morgan fingerprint density at radius 1 is 1.67 bits per heavy atom.